The molecule has 0 aliphatic heterocycles. The van der Waals surface area contributed by atoms with Crippen LogP contribution in [0.4, 0.5) is 13.2 Å². The smallest absolute Gasteiger partial charge is 0.195 e. The van der Waals surface area contributed by atoms with E-state index in [-0.39, 0.29) is 17.0 Å². The lowest BCUT2D eigenvalue weighted by Gasteiger charge is -2.09. The first-order valence-electron chi connectivity index (χ1n) is 9.78. The van der Waals surface area contributed by atoms with Crippen LogP contribution in [0.15, 0.2) is 49.1 Å². The van der Waals surface area contributed by atoms with Gasteiger partial charge in [-0.3, -0.25) is 4.79 Å². The van der Waals surface area contributed by atoms with E-state index in [1.807, 2.05) is 16.8 Å². The van der Waals surface area contributed by atoms with Crippen molar-refractivity contribution in [3.8, 4) is 16.1 Å². The summed E-state index contributed by atoms with van der Waals surface area (Å²) >= 11 is 1.26. The second kappa shape index (κ2) is 7.77. The molecule has 2 heterocycles. The molecular weight excluding hydrogens is 423 g/mol. The Balaban J connectivity index is 1.51. The molecule has 0 N–H and O–H groups in total. The van der Waals surface area contributed by atoms with Crippen molar-refractivity contribution in [1.29, 1.82) is 0 Å². The largest absolute Gasteiger partial charge is 0.306 e. The molecule has 0 spiro atoms. The maximum absolute atomic E-state index is 14.0. The molecule has 0 saturated heterocycles. The molecule has 0 unspecified atom stereocenters. The third-order valence-corrected chi connectivity index (χ3v) is 6.57. The molecule has 0 bridgehead atoms. The van der Waals surface area contributed by atoms with Gasteiger partial charge >= 0.3 is 0 Å². The van der Waals surface area contributed by atoms with Gasteiger partial charge in [0.1, 0.15) is 0 Å². The van der Waals surface area contributed by atoms with Crippen molar-refractivity contribution >= 4 is 17.1 Å². The zero-order chi connectivity index (χ0) is 21.5. The van der Waals surface area contributed by atoms with Crippen LogP contribution in [-0.2, 0) is 19.3 Å². The second-order valence-corrected chi connectivity index (χ2v) is 8.39. The van der Waals surface area contributed by atoms with Gasteiger partial charge in [-0.1, -0.05) is 12.1 Å². The standard InChI is InChI=1S/C23H16F3N3OS/c24-17-7-5-14(20(25)21(17)26)10-19(30)23-28-18-3-1-2-13-4-6-15(29-9-8-27-12-29)11-16(13)22(18)31-23/h4-9,11-12H,1-3,10H2. The molecule has 0 amide bonds. The molecule has 4 aromatic rings. The van der Waals surface area contributed by atoms with Gasteiger partial charge in [-0.15, -0.1) is 11.3 Å². The van der Waals surface area contributed by atoms with Crippen LogP contribution in [0, 0.1) is 17.5 Å². The summed E-state index contributed by atoms with van der Waals surface area (Å²) < 4.78 is 42.6. The van der Waals surface area contributed by atoms with Crippen molar-refractivity contribution in [3.05, 3.63) is 88.3 Å². The van der Waals surface area contributed by atoms with Gasteiger partial charge in [0.2, 0.25) is 0 Å². The molecule has 8 heteroatoms. The lowest BCUT2D eigenvalue weighted by Crippen LogP contribution is -2.07. The average Bonchev–Trinajstić information content (AvgIpc) is 3.42. The predicted octanol–water partition coefficient (Wildman–Crippen LogP) is 5.33. The maximum Gasteiger partial charge on any atom is 0.195 e. The Morgan fingerprint density at radius 3 is 2.77 bits per heavy atom. The third kappa shape index (κ3) is 3.57. The number of carbonyl (C=O) groups is 1. The fourth-order valence-electron chi connectivity index (χ4n) is 3.81. The highest BCUT2D eigenvalue weighted by Crippen LogP contribution is 2.38. The van der Waals surface area contributed by atoms with Crippen LogP contribution in [0.5, 0.6) is 0 Å². The van der Waals surface area contributed by atoms with Crippen molar-refractivity contribution in [2.24, 2.45) is 0 Å². The van der Waals surface area contributed by atoms with Crippen molar-refractivity contribution in [1.82, 2.24) is 14.5 Å². The first-order valence-corrected chi connectivity index (χ1v) is 10.6. The van der Waals surface area contributed by atoms with E-state index in [0.29, 0.717) is 0 Å². The van der Waals surface area contributed by atoms with Gasteiger partial charge in [0, 0.05) is 24.5 Å². The lowest BCUT2D eigenvalue weighted by atomic mass is 10.0. The fraction of sp³-hybridized carbons (Fsp3) is 0.174. The van der Waals surface area contributed by atoms with Crippen molar-refractivity contribution in [3.63, 3.8) is 0 Å². The quantitative estimate of drug-likeness (QED) is 0.319. The Kier molecular flexibility index (Phi) is 4.94. The number of fused-ring (bicyclic) bond motifs is 3. The average molecular weight is 439 g/mol. The molecule has 1 aliphatic rings. The molecule has 0 radical (unpaired) electrons. The van der Waals surface area contributed by atoms with Gasteiger partial charge in [-0.05, 0) is 54.2 Å². The van der Waals surface area contributed by atoms with Gasteiger partial charge in [0.25, 0.3) is 0 Å². The topological polar surface area (TPSA) is 47.8 Å². The number of imidazole rings is 1. The van der Waals surface area contributed by atoms with E-state index in [9.17, 15) is 18.0 Å². The van der Waals surface area contributed by atoms with Crippen molar-refractivity contribution in [2.75, 3.05) is 0 Å². The van der Waals surface area contributed by atoms with Crippen LogP contribution in [0.1, 0.15) is 33.0 Å². The summed E-state index contributed by atoms with van der Waals surface area (Å²) in [7, 11) is 0. The van der Waals surface area contributed by atoms with Gasteiger partial charge in [-0.2, -0.15) is 0 Å². The van der Waals surface area contributed by atoms with E-state index in [1.54, 1.807) is 12.5 Å². The Labute approximate surface area is 180 Å². The molecule has 0 fully saturated rings. The van der Waals surface area contributed by atoms with E-state index >= 15 is 0 Å². The minimum atomic E-state index is -1.57. The zero-order valence-electron chi connectivity index (χ0n) is 16.2. The number of aryl methyl sites for hydroxylation is 2. The van der Waals surface area contributed by atoms with Gasteiger partial charge in [-0.25, -0.2) is 23.1 Å². The van der Waals surface area contributed by atoms with E-state index in [1.165, 1.54) is 16.9 Å². The molecule has 2 aromatic carbocycles. The number of benzene rings is 2. The number of rotatable bonds is 4. The number of thiazole rings is 1. The summed E-state index contributed by atoms with van der Waals surface area (Å²) in [6.07, 6.45) is 7.45. The highest BCUT2D eigenvalue weighted by molar-refractivity contribution is 7.17. The molecule has 1 aliphatic carbocycles. The number of carbonyl (C=O) groups excluding carboxylic acids is 1. The van der Waals surface area contributed by atoms with Gasteiger partial charge in [0.15, 0.2) is 28.2 Å². The second-order valence-electron chi connectivity index (χ2n) is 7.39. The predicted molar refractivity (Wildman–Crippen MR) is 111 cm³/mol. The maximum atomic E-state index is 14.0. The van der Waals surface area contributed by atoms with Crippen LogP contribution in [0.25, 0.3) is 16.1 Å². The molecule has 2 aromatic heterocycles. The number of hydrogen-bond acceptors (Lipinski definition) is 4. The summed E-state index contributed by atoms with van der Waals surface area (Å²) in [5, 5.41) is 0.245. The first kappa shape index (κ1) is 19.7. The number of ketones is 1. The van der Waals surface area contributed by atoms with Crippen LogP contribution in [0.2, 0.25) is 0 Å². The first-order chi connectivity index (χ1) is 15.0. The van der Waals surface area contributed by atoms with E-state index < -0.39 is 23.2 Å². The normalized spacial score (nSPS) is 12.9. The van der Waals surface area contributed by atoms with Crippen LogP contribution >= 0.6 is 11.3 Å². The summed E-state index contributed by atoms with van der Waals surface area (Å²) in [5.74, 6) is -4.60. The Bertz CT molecular complexity index is 1300. The van der Waals surface area contributed by atoms with Crippen molar-refractivity contribution < 1.29 is 18.0 Å². The number of hydrogen-bond donors (Lipinski definition) is 0. The minimum absolute atomic E-state index is 0.183. The Morgan fingerprint density at radius 1 is 1.10 bits per heavy atom. The van der Waals surface area contributed by atoms with Gasteiger partial charge < -0.3 is 4.57 Å². The van der Waals surface area contributed by atoms with Crippen LogP contribution < -0.4 is 0 Å². The molecule has 156 valence electrons. The summed E-state index contributed by atoms with van der Waals surface area (Å²) in [6.45, 7) is 0. The Hall–Kier alpha value is -3.26. The number of Topliss-reactive ketones (excluding diaryl/α,β-unsaturated/α-hetero) is 1. The zero-order valence-corrected chi connectivity index (χ0v) is 17.1. The highest BCUT2D eigenvalue weighted by atomic mass is 32.1. The Morgan fingerprint density at radius 2 is 1.97 bits per heavy atom. The highest BCUT2D eigenvalue weighted by Gasteiger charge is 2.24. The molecule has 0 atom stereocenters. The van der Waals surface area contributed by atoms with E-state index in [0.717, 1.165) is 53.2 Å². The van der Waals surface area contributed by atoms with Crippen molar-refractivity contribution in [2.45, 2.75) is 25.7 Å². The number of nitrogens with zero attached hydrogens (tertiary/aromatic N) is 3. The summed E-state index contributed by atoms with van der Waals surface area (Å²) in [6, 6.07) is 8.09. The summed E-state index contributed by atoms with van der Waals surface area (Å²) in [5.41, 5.74) is 3.80. The minimum Gasteiger partial charge on any atom is -0.306 e. The van der Waals surface area contributed by atoms with E-state index in [4.69, 9.17) is 0 Å². The van der Waals surface area contributed by atoms with Crippen LogP contribution in [0.3, 0.4) is 0 Å². The van der Waals surface area contributed by atoms with E-state index in [2.05, 4.69) is 22.1 Å². The number of halogens is 3. The monoisotopic (exact) mass is 439 g/mol. The molecular formula is C23H16F3N3OS. The molecule has 4 nitrogen and oxygen atoms in total. The molecule has 5 rings (SSSR count). The third-order valence-electron chi connectivity index (χ3n) is 5.40. The fourth-order valence-corrected chi connectivity index (χ4v) is 4.92. The molecule has 31 heavy (non-hydrogen) atoms. The molecule has 0 saturated carbocycles. The number of aromatic nitrogens is 3. The lowest BCUT2D eigenvalue weighted by molar-refractivity contribution is 0.0991. The summed E-state index contributed by atoms with van der Waals surface area (Å²) in [4.78, 5) is 22.3. The SMILES string of the molecule is O=C(Cc1ccc(F)c(F)c1F)c1nc2c(s1)-c1cc(-n3ccnc3)ccc1CCC2. The van der Waals surface area contributed by atoms with Gasteiger partial charge in [0.05, 0.1) is 16.9 Å². The van der Waals surface area contributed by atoms with Crippen LogP contribution in [-0.4, -0.2) is 20.3 Å².